The van der Waals surface area contributed by atoms with E-state index in [-0.39, 0.29) is 5.69 Å². The van der Waals surface area contributed by atoms with Crippen molar-refractivity contribution in [3.63, 3.8) is 0 Å². The van der Waals surface area contributed by atoms with Gasteiger partial charge in [-0.15, -0.1) is 0 Å². The van der Waals surface area contributed by atoms with Gasteiger partial charge in [-0.05, 0) is 25.1 Å². The predicted octanol–water partition coefficient (Wildman–Crippen LogP) is 4.16. The van der Waals surface area contributed by atoms with Crippen molar-refractivity contribution in [3.05, 3.63) is 29.3 Å². The molecule has 0 aliphatic heterocycles. The second-order valence-electron chi connectivity index (χ2n) is 4.43. The highest BCUT2D eigenvalue weighted by Crippen LogP contribution is 2.34. The van der Waals surface area contributed by atoms with Crippen LogP contribution in [0.25, 0.3) is 0 Å². The largest absolute Gasteiger partial charge is 0.478 e. The van der Waals surface area contributed by atoms with Crippen molar-refractivity contribution in [2.24, 2.45) is 0 Å². The number of halogens is 6. The van der Waals surface area contributed by atoms with Crippen molar-refractivity contribution in [1.29, 1.82) is 0 Å². The first kappa shape index (κ1) is 17.1. The summed E-state index contributed by atoms with van der Waals surface area (Å²) in [6, 6.07) is 1.03. The number of nitrogens with one attached hydrogen (secondary N) is 1. The molecule has 1 aromatic rings. The zero-order valence-electron chi connectivity index (χ0n) is 10.6. The molecule has 0 spiro atoms. The Hall–Kier alpha value is -1.93. The van der Waals surface area contributed by atoms with E-state index >= 15 is 0 Å². The van der Waals surface area contributed by atoms with Gasteiger partial charge >= 0.3 is 18.3 Å². The third-order valence-electron chi connectivity index (χ3n) is 2.51. The SMILES string of the molecule is CC(CC(F)(F)F)Nc1ccc(C(=O)O)c(C(F)(F)F)c1. The third-order valence-corrected chi connectivity index (χ3v) is 2.51. The fourth-order valence-electron chi connectivity index (χ4n) is 1.74. The van der Waals surface area contributed by atoms with Crippen LogP contribution in [0.5, 0.6) is 0 Å². The molecule has 0 heterocycles. The molecule has 1 aromatic carbocycles. The number of carboxylic acid groups (broad SMARTS) is 1. The topological polar surface area (TPSA) is 49.3 Å². The lowest BCUT2D eigenvalue weighted by atomic mass is 10.1. The highest BCUT2D eigenvalue weighted by Gasteiger charge is 2.36. The van der Waals surface area contributed by atoms with Gasteiger partial charge in [0.15, 0.2) is 0 Å². The molecule has 21 heavy (non-hydrogen) atoms. The van der Waals surface area contributed by atoms with Crippen LogP contribution in [0.2, 0.25) is 0 Å². The van der Waals surface area contributed by atoms with Gasteiger partial charge < -0.3 is 10.4 Å². The summed E-state index contributed by atoms with van der Waals surface area (Å²) in [7, 11) is 0. The third kappa shape index (κ3) is 5.16. The summed E-state index contributed by atoms with van der Waals surface area (Å²) in [6.07, 6.45) is -10.6. The number of alkyl halides is 6. The van der Waals surface area contributed by atoms with Crippen LogP contribution in [0, 0.1) is 0 Å². The van der Waals surface area contributed by atoms with Gasteiger partial charge in [0.25, 0.3) is 0 Å². The Labute approximate surface area is 115 Å². The number of rotatable bonds is 4. The molecule has 0 amide bonds. The minimum atomic E-state index is -4.92. The summed E-state index contributed by atoms with van der Waals surface area (Å²) < 4.78 is 74.6. The minimum Gasteiger partial charge on any atom is -0.478 e. The number of carboxylic acids is 1. The van der Waals surface area contributed by atoms with E-state index in [9.17, 15) is 31.1 Å². The standard InChI is InChI=1S/C12H11F6NO2/c1-6(5-11(13,14)15)19-7-2-3-8(10(20)21)9(4-7)12(16,17)18/h2-4,6,19H,5H2,1H3,(H,20,21). The van der Waals surface area contributed by atoms with Gasteiger partial charge in [-0.3, -0.25) is 0 Å². The summed E-state index contributed by atoms with van der Waals surface area (Å²) in [5, 5.41) is 10.9. The lowest BCUT2D eigenvalue weighted by molar-refractivity contribution is -0.138. The first-order chi connectivity index (χ1) is 9.40. The first-order valence-electron chi connectivity index (χ1n) is 5.68. The van der Waals surface area contributed by atoms with E-state index in [1.54, 1.807) is 0 Å². The highest BCUT2D eigenvalue weighted by atomic mass is 19.4. The number of hydrogen-bond donors (Lipinski definition) is 2. The van der Waals surface area contributed by atoms with Crippen LogP contribution in [0.3, 0.4) is 0 Å². The number of hydrogen-bond acceptors (Lipinski definition) is 2. The summed E-state index contributed by atoms with van der Waals surface area (Å²) in [5.74, 6) is -1.77. The van der Waals surface area contributed by atoms with Crippen molar-refractivity contribution in [3.8, 4) is 0 Å². The van der Waals surface area contributed by atoms with E-state index in [0.29, 0.717) is 12.1 Å². The Balaban J connectivity index is 3.04. The lowest BCUT2D eigenvalue weighted by Crippen LogP contribution is -2.24. The van der Waals surface area contributed by atoms with Crippen molar-refractivity contribution in [2.45, 2.75) is 31.7 Å². The molecule has 0 bridgehead atoms. The summed E-state index contributed by atoms with van der Waals surface area (Å²) in [4.78, 5) is 10.7. The van der Waals surface area contributed by atoms with Crippen LogP contribution in [-0.4, -0.2) is 23.3 Å². The van der Waals surface area contributed by atoms with Crippen molar-refractivity contribution < 1.29 is 36.2 Å². The Morgan fingerprint density at radius 3 is 2.24 bits per heavy atom. The van der Waals surface area contributed by atoms with Crippen LogP contribution < -0.4 is 5.32 Å². The molecule has 2 N–H and O–H groups in total. The fourth-order valence-corrected chi connectivity index (χ4v) is 1.74. The summed E-state index contributed by atoms with van der Waals surface area (Å²) in [5.41, 5.74) is -2.61. The molecule has 9 heteroatoms. The maximum atomic E-state index is 12.7. The fraction of sp³-hybridized carbons (Fsp3) is 0.417. The number of aromatic carboxylic acids is 1. The number of carbonyl (C=O) groups is 1. The summed E-state index contributed by atoms with van der Waals surface area (Å²) in [6.45, 7) is 1.16. The molecule has 1 unspecified atom stereocenters. The lowest BCUT2D eigenvalue weighted by Gasteiger charge is -2.18. The van der Waals surface area contributed by atoms with Crippen molar-refractivity contribution in [1.82, 2.24) is 0 Å². The molecular weight excluding hydrogens is 304 g/mol. The van der Waals surface area contributed by atoms with E-state index in [1.165, 1.54) is 0 Å². The second-order valence-corrected chi connectivity index (χ2v) is 4.43. The van der Waals surface area contributed by atoms with Crippen molar-refractivity contribution in [2.75, 3.05) is 5.32 Å². The Morgan fingerprint density at radius 1 is 1.24 bits per heavy atom. The smallest absolute Gasteiger partial charge is 0.417 e. The van der Waals surface area contributed by atoms with Crippen LogP contribution in [0.15, 0.2) is 18.2 Å². The van der Waals surface area contributed by atoms with Gasteiger partial charge in [-0.1, -0.05) is 0 Å². The normalized spacial score (nSPS) is 13.9. The molecular formula is C12H11F6NO2. The van der Waals surface area contributed by atoms with E-state index in [1.807, 2.05) is 0 Å². The second kappa shape index (κ2) is 5.82. The van der Waals surface area contributed by atoms with Crippen LogP contribution >= 0.6 is 0 Å². The minimum absolute atomic E-state index is 0.232. The van der Waals surface area contributed by atoms with Gasteiger partial charge in [0, 0.05) is 11.7 Å². The molecule has 0 aromatic heterocycles. The number of anilines is 1. The average molecular weight is 315 g/mol. The maximum Gasteiger partial charge on any atom is 0.417 e. The first-order valence-corrected chi connectivity index (χ1v) is 5.68. The van der Waals surface area contributed by atoms with E-state index in [2.05, 4.69) is 5.32 Å². The molecule has 1 rings (SSSR count). The predicted molar refractivity (Wildman–Crippen MR) is 62.2 cm³/mol. The quantitative estimate of drug-likeness (QED) is 0.820. The zero-order chi connectivity index (χ0) is 16.4. The molecule has 0 saturated carbocycles. The molecule has 118 valence electrons. The van der Waals surface area contributed by atoms with Gasteiger partial charge in [0.2, 0.25) is 0 Å². The van der Waals surface area contributed by atoms with E-state index in [0.717, 1.165) is 13.0 Å². The van der Waals surface area contributed by atoms with E-state index in [4.69, 9.17) is 5.11 Å². The summed E-state index contributed by atoms with van der Waals surface area (Å²) >= 11 is 0. The Morgan fingerprint density at radius 2 is 1.81 bits per heavy atom. The molecule has 0 radical (unpaired) electrons. The Bertz CT molecular complexity index is 523. The van der Waals surface area contributed by atoms with Crippen molar-refractivity contribution >= 4 is 11.7 Å². The molecule has 0 saturated heterocycles. The zero-order valence-corrected chi connectivity index (χ0v) is 10.6. The van der Waals surface area contributed by atoms with E-state index < -0.39 is 41.9 Å². The monoisotopic (exact) mass is 315 g/mol. The molecule has 0 fully saturated rings. The average Bonchev–Trinajstić information content (AvgIpc) is 2.24. The van der Waals surface area contributed by atoms with Gasteiger partial charge in [-0.25, -0.2) is 4.79 Å². The molecule has 1 atom stereocenters. The van der Waals surface area contributed by atoms with Crippen LogP contribution in [0.4, 0.5) is 32.0 Å². The van der Waals surface area contributed by atoms with Gasteiger partial charge in [-0.2, -0.15) is 26.3 Å². The molecule has 0 aliphatic carbocycles. The molecule has 3 nitrogen and oxygen atoms in total. The Kier molecular flexibility index (Phi) is 4.75. The maximum absolute atomic E-state index is 12.7. The van der Waals surface area contributed by atoms with Gasteiger partial charge in [0.1, 0.15) is 0 Å². The van der Waals surface area contributed by atoms with Gasteiger partial charge in [0.05, 0.1) is 17.5 Å². The molecule has 0 aliphatic rings. The number of benzene rings is 1. The highest BCUT2D eigenvalue weighted by molar-refractivity contribution is 5.90. The van der Waals surface area contributed by atoms with Crippen LogP contribution in [0.1, 0.15) is 29.3 Å². The van der Waals surface area contributed by atoms with Crippen LogP contribution in [-0.2, 0) is 6.18 Å².